The zero-order valence-electron chi connectivity index (χ0n) is 10.6. The number of nitrogens with two attached hydrogens (primary N) is 1. The van der Waals surface area contributed by atoms with Gasteiger partial charge in [-0.05, 0) is 19.3 Å². The molecule has 0 radical (unpaired) electrons. The van der Waals surface area contributed by atoms with Crippen molar-refractivity contribution in [3.8, 4) is 0 Å². The van der Waals surface area contributed by atoms with E-state index >= 15 is 0 Å². The van der Waals surface area contributed by atoms with Crippen LogP contribution in [0, 0.1) is 0 Å². The molecule has 1 aliphatic carbocycles. The second kappa shape index (κ2) is 5.38. The predicted molar refractivity (Wildman–Crippen MR) is 68.5 cm³/mol. The van der Waals surface area contributed by atoms with E-state index in [2.05, 4.69) is 5.10 Å². The predicted octanol–water partition coefficient (Wildman–Crippen LogP) is 0.405. The Morgan fingerprint density at radius 3 is 2.83 bits per heavy atom. The summed E-state index contributed by atoms with van der Waals surface area (Å²) in [6, 6.07) is 0.188. The average molecular weight is 272 g/mol. The van der Waals surface area contributed by atoms with Gasteiger partial charge in [0.1, 0.15) is 4.90 Å². The summed E-state index contributed by atoms with van der Waals surface area (Å²) >= 11 is 0. The molecular weight excluding hydrogens is 252 g/mol. The minimum Gasteiger partial charge on any atom is -0.329 e. The molecule has 18 heavy (non-hydrogen) atoms. The van der Waals surface area contributed by atoms with Crippen LogP contribution in [0.2, 0.25) is 0 Å². The van der Waals surface area contributed by atoms with Crippen molar-refractivity contribution in [3.05, 3.63) is 12.4 Å². The van der Waals surface area contributed by atoms with E-state index in [0.29, 0.717) is 19.6 Å². The molecule has 0 aromatic carbocycles. The van der Waals surface area contributed by atoms with Crippen LogP contribution in [0.4, 0.5) is 0 Å². The number of rotatable bonds is 7. The molecular formula is C11H20N4O2S. The van der Waals surface area contributed by atoms with E-state index in [1.54, 1.807) is 15.2 Å². The Morgan fingerprint density at radius 1 is 1.56 bits per heavy atom. The lowest BCUT2D eigenvalue weighted by atomic mass is 10.5. The van der Waals surface area contributed by atoms with E-state index < -0.39 is 10.0 Å². The largest absolute Gasteiger partial charge is 0.329 e. The second-order valence-corrected chi connectivity index (χ2v) is 6.47. The summed E-state index contributed by atoms with van der Waals surface area (Å²) in [7, 11) is -3.39. The topological polar surface area (TPSA) is 81.2 Å². The summed E-state index contributed by atoms with van der Waals surface area (Å²) in [5.41, 5.74) is 5.42. The SMILES string of the molecule is CCCN(C1CC1)S(=O)(=O)c1cnn(CCN)c1. The van der Waals surface area contributed by atoms with E-state index in [1.165, 1.54) is 6.20 Å². The van der Waals surface area contributed by atoms with Crippen molar-refractivity contribution in [2.75, 3.05) is 13.1 Å². The molecule has 6 nitrogen and oxygen atoms in total. The van der Waals surface area contributed by atoms with Gasteiger partial charge in [-0.3, -0.25) is 4.68 Å². The van der Waals surface area contributed by atoms with Crippen molar-refractivity contribution >= 4 is 10.0 Å². The standard InChI is InChI=1S/C11H20N4O2S/c1-2-6-15(10-3-4-10)18(16,17)11-8-13-14(9-11)7-5-12/h8-10H,2-7,12H2,1H3. The third-order valence-electron chi connectivity index (χ3n) is 2.97. The van der Waals surface area contributed by atoms with Gasteiger partial charge in [-0.1, -0.05) is 6.92 Å². The molecule has 0 unspecified atom stereocenters. The zero-order chi connectivity index (χ0) is 13.2. The summed E-state index contributed by atoms with van der Waals surface area (Å²) in [6.45, 7) is 3.55. The average Bonchev–Trinajstić information content (AvgIpc) is 3.05. The van der Waals surface area contributed by atoms with Crippen LogP contribution in [-0.4, -0.2) is 41.6 Å². The highest BCUT2D eigenvalue weighted by Gasteiger charge is 2.37. The molecule has 0 atom stereocenters. The summed E-state index contributed by atoms with van der Waals surface area (Å²) < 4.78 is 28.1. The smallest absolute Gasteiger partial charge is 0.246 e. The third kappa shape index (κ3) is 2.73. The number of hydrogen-bond acceptors (Lipinski definition) is 4. The lowest BCUT2D eigenvalue weighted by molar-refractivity contribution is 0.403. The Labute approximate surface area is 108 Å². The van der Waals surface area contributed by atoms with Gasteiger partial charge in [-0.25, -0.2) is 8.42 Å². The van der Waals surface area contributed by atoms with E-state index in [1.807, 2.05) is 6.92 Å². The molecule has 0 aliphatic heterocycles. The first-order valence-electron chi connectivity index (χ1n) is 6.34. The maximum atomic E-state index is 12.5. The number of hydrogen-bond donors (Lipinski definition) is 1. The molecule has 1 aromatic heterocycles. The molecule has 0 amide bonds. The van der Waals surface area contributed by atoms with Crippen LogP contribution in [0.1, 0.15) is 26.2 Å². The van der Waals surface area contributed by atoms with Gasteiger partial charge < -0.3 is 5.73 Å². The molecule has 0 saturated heterocycles. The Bertz CT molecular complexity index is 493. The Morgan fingerprint density at radius 2 is 2.28 bits per heavy atom. The fourth-order valence-electron chi connectivity index (χ4n) is 1.95. The Kier molecular flexibility index (Phi) is 4.04. The summed E-state index contributed by atoms with van der Waals surface area (Å²) in [5, 5.41) is 4.03. The minimum atomic E-state index is -3.39. The zero-order valence-corrected chi connectivity index (χ0v) is 11.4. The fraction of sp³-hybridized carbons (Fsp3) is 0.727. The van der Waals surface area contributed by atoms with Gasteiger partial charge >= 0.3 is 0 Å². The van der Waals surface area contributed by atoms with Crippen LogP contribution in [0.5, 0.6) is 0 Å². The quantitative estimate of drug-likeness (QED) is 0.779. The Balaban J connectivity index is 2.21. The van der Waals surface area contributed by atoms with Crippen molar-refractivity contribution in [1.82, 2.24) is 14.1 Å². The van der Waals surface area contributed by atoms with Crippen LogP contribution in [0.3, 0.4) is 0 Å². The van der Waals surface area contributed by atoms with Crippen LogP contribution in [-0.2, 0) is 16.6 Å². The van der Waals surface area contributed by atoms with Gasteiger partial charge in [0.2, 0.25) is 10.0 Å². The molecule has 1 fully saturated rings. The van der Waals surface area contributed by atoms with Gasteiger partial charge in [-0.15, -0.1) is 0 Å². The molecule has 102 valence electrons. The summed E-state index contributed by atoms with van der Waals surface area (Å²) in [6.07, 6.45) is 5.74. The highest BCUT2D eigenvalue weighted by atomic mass is 32.2. The first-order valence-corrected chi connectivity index (χ1v) is 7.78. The van der Waals surface area contributed by atoms with E-state index in [9.17, 15) is 8.42 Å². The maximum absolute atomic E-state index is 12.5. The van der Waals surface area contributed by atoms with Crippen LogP contribution < -0.4 is 5.73 Å². The molecule has 7 heteroatoms. The van der Waals surface area contributed by atoms with Crippen molar-refractivity contribution in [1.29, 1.82) is 0 Å². The number of sulfonamides is 1. The van der Waals surface area contributed by atoms with Crippen LogP contribution in [0.25, 0.3) is 0 Å². The van der Waals surface area contributed by atoms with Gasteiger partial charge in [0, 0.05) is 25.3 Å². The van der Waals surface area contributed by atoms with Crippen molar-refractivity contribution in [2.24, 2.45) is 5.73 Å². The number of aromatic nitrogens is 2. The van der Waals surface area contributed by atoms with Crippen LogP contribution >= 0.6 is 0 Å². The highest BCUT2D eigenvalue weighted by Crippen LogP contribution is 2.31. The van der Waals surface area contributed by atoms with Gasteiger partial charge in [0.15, 0.2) is 0 Å². The highest BCUT2D eigenvalue weighted by molar-refractivity contribution is 7.89. The molecule has 1 aromatic rings. The van der Waals surface area contributed by atoms with Gasteiger partial charge in [-0.2, -0.15) is 9.40 Å². The molecule has 1 aliphatic rings. The van der Waals surface area contributed by atoms with Crippen molar-refractivity contribution in [3.63, 3.8) is 0 Å². The molecule has 0 spiro atoms. The summed E-state index contributed by atoms with van der Waals surface area (Å²) in [5.74, 6) is 0. The van der Waals surface area contributed by atoms with Gasteiger partial charge in [0.25, 0.3) is 0 Å². The second-order valence-electron chi connectivity index (χ2n) is 4.57. The lowest BCUT2D eigenvalue weighted by Crippen LogP contribution is -2.33. The minimum absolute atomic E-state index is 0.188. The molecule has 2 rings (SSSR count). The molecule has 2 N–H and O–H groups in total. The summed E-state index contributed by atoms with van der Waals surface area (Å²) in [4.78, 5) is 0.274. The third-order valence-corrected chi connectivity index (χ3v) is 4.88. The van der Waals surface area contributed by atoms with E-state index in [-0.39, 0.29) is 10.9 Å². The first kappa shape index (κ1) is 13.5. The van der Waals surface area contributed by atoms with Gasteiger partial charge in [0.05, 0.1) is 12.7 Å². The molecule has 1 saturated carbocycles. The fourth-order valence-corrected chi connectivity index (χ4v) is 3.68. The normalized spacial score (nSPS) is 16.4. The monoisotopic (exact) mass is 272 g/mol. The Hall–Kier alpha value is -0.920. The number of nitrogens with zero attached hydrogens (tertiary/aromatic N) is 3. The van der Waals surface area contributed by atoms with E-state index in [0.717, 1.165) is 19.3 Å². The first-order chi connectivity index (χ1) is 8.59. The van der Waals surface area contributed by atoms with Crippen molar-refractivity contribution < 1.29 is 8.42 Å². The maximum Gasteiger partial charge on any atom is 0.246 e. The van der Waals surface area contributed by atoms with Crippen molar-refractivity contribution in [2.45, 2.75) is 43.7 Å². The lowest BCUT2D eigenvalue weighted by Gasteiger charge is -2.19. The molecule has 1 heterocycles. The van der Waals surface area contributed by atoms with E-state index in [4.69, 9.17) is 5.73 Å². The van der Waals surface area contributed by atoms with Crippen LogP contribution in [0.15, 0.2) is 17.3 Å². The molecule has 0 bridgehead atoms.